The molecule has 1 N–H and O–H groups in total. The van der Waals surface area contributed by atoms with Gasteiger partial charge in [0.25, 0.3) is 5.91 Å². The second-order valence-electron chi connectivity index (χ2n) is 5.60. The van der Waals surface area contributed by atoms with E-state index in [1.165, 1.54) is 0 Å². The van der Waals surface area contributed by atoms with E-state index in [1.54, 1.807) is 6.33 Å². The van der Waals surface area contributed by atoms with Gasteiger partial charge in [0.2, 0.25) is 0 Å². The molecule has 7 heteroatoms. The fraction of sp³-hybridized carbons (Fsp3) is 0.667. The van der Waals surface area contributed by atoms with Crippen molar-refractivity contribution in [1.29, 1.82) is 0 Å². The molecule has 0 unspecified atom stereocenters. The predicted molar refractivity (Wildman–Crippen MR) is 82.8 cm³/mol. The van der Waals surface area contributed by atoms with Crippen molar-refractivity contribution >= 4 is 11.7 Å². The number of nitrogens with one attached hydrogen (secondary N) is 1. The highest BCUT2D eigenvalue weighted by molar-refractivity contribution is 5.81. The Bertz CT molecular complexity index is 510. The second-order valence-corrected chi connectivity index (χ2v) is 5.60. The van der Waals surface area contributed by atoms with Gasteiger partial charge < -0.3 is 19.9 Å². The van der Waals surface area contributed by atoms with E-state index in [4.69, 9.17) is 4.74 Å². The molecule has 0 saturated carbocycles. The quantitative estimate of drug-likeness (QED) is 0.825. The summed E-state index contributed by atoms with van der Waals surface area (Å²) in [5, 5.41) is 3.20. The molecule has 3 rings (SSSR count). The van der Waals surface area contributed by atoms with Gasteiger partial charge in [-0.3, -0.25) is 4.79 Å². The normalized spacial score (nSPS) is 22.7. The minimum Gasteiger partial charge on any atom is -0.366 e. The number of ether oxygens (including phenoxy) is 1. The lowest BCUT2D eigenvalue weighted by Crippen LogP contribution is -2.55. The number of rotatable bonds is 3. The highest BCUT2D eigenvalue weighted by Crippen LogP contribution is 2.15. The molecule has 120 valence electrons. The highest BCUT2D eigenvalue weighted by Gasteiger charge is 2.29. The van der Waals surface area contributed by atoms with Crippen LogP contribution in [0.1, 0.15) is 12.6 Å². The number of anilines is 1. The number of hydrogen-bond acceptors (Lipinski definition) is 6. The summed E-state index contributed by atoms with van der Waals surface area (Å²) in [4.78, 5) is 25.1. The zero-order valence-electron chi connectivity index (χ0n) is 13.0. The molecule has 2 fully saturated rings. The van der Waals surface area contributed by atoms with Gasteiger partial charge in [0.05, 0.1) is 6.61 Å². The van der Waals surface area contributed by atoms with Crippen LogP contribution in [-0.4, -0.2) is 72.8 Å². The first-order valence-electron chi connectivity index (χ1n) is 7.95. The molecule has 2 aliphatic rings. The maximum absolute atomic E-state index is 12.4. The van der Waals surface area contributed by atoms with Gasteiger partial charge in [0.15, 0.2) is 0 Å². The van der Waals surface area contributed by atoms with Crippen LogP contribution in [0.25, 0.3) is 0 Å². The third kappa shape index (κ3) is 3.36. The summed E-state index contributed by atoms with van der Waals surface area (Å²) in [6.07, 6.45) is 2.19. The van der Waals surface area contributed by atoms with Crippen LogP contribution in [0.4, 0.5) is 5.82 Å². The third-order valence-electron chi connectivity index (χ3n) is 4.19. The number of morpholine rings is 1. The van der Waals surface area contributed by atoms with Crippen LogP contribution in [0, 0.1) is 0 Å². The van der Waals surface area contributed by atoms with E-state index in [-0.39, 0.29) is 12.0 Å². The van der Waals surface area contributed by atoms with Crippen LogP contribution in [0.3, 0.4) is 0 Å². The summed E-state index contributed by atoms with van der Waals surface area (Å²) in [5.41, 5.74) is 1.05. The van der Waals surface area contributed by atoms with Crippen molar-refractivity contribution in [1.82, 2.24) is 20.2 Å². The van der Waals surface area contributed by atoms with Gasteiger partial charge in [-0.05, 0) is 6.42 Å². The van der Waals surface area contributed by atoms with Gasteiger partial charge in [-0.25, -0.2) is 9.97 Å². The Balaban J connectivity index is 1.56. The molecule has 2 saturated heterocycles. The van der Waals surface area contributed by atoms with Crippen molar-refractivity contribution in [2.75, 3.05) is 50.8 Å². The van der Waals surface area contributed by atoms with E-state index in [1.807, 2.05) is 11.0 Å². The number of carbonyl (C=O) groups is 1. The van der Waals surface area contributed by atoms with Gasteiger partial charge >= 0.3 is 0 Å². The largest absolute Gasteiger partial charge is 0.366 e. The summed E-state index contributed by atoms with van der Waals surface area (Å²) < 4.78 is 5.55. The van der Waals surface area contributed by atoms with Gasteiger partial charge in [-0.1, -0.05) is 6.92 Å². The van der Waals surface area contributed by atoms with Crippen LogP contribution < -0.4 is 10.2 Å². The maximum Gasteiger partial charge on any atom is 0.253 e. The van der Waals surface area contributed by atoms with Crippen LogP contribution >= 0.6 is 0 Å². The van der Waals surface area contributed by atoms with Crippen molar-refractivity contribution in [3.8, 4) is 0 Å². The fourth-order valence-electron chi connectivity index (χ4n) is 2.84. The van der Waals surface area contributed by atoms with E-state index in [0.717, 1.165) is 37.6 Å². The van der Waals surface area contributed by atoms with Crippen molar-refractivity contribution in [2.24, 2.45) is 0 Å². The Morgan fingerprint density at radius 2 is 2.18 bits per heavy atom. The van der Waals surface area contributed by atoms with Crippen molar-refractivity contribution in [3.05, 3.63) is 18.1 Å². The standard InChI is InChI=1S/C15H23N5O2/c1-2-12-9-14(18-11-17-12)19-4-6-20(7-5-19)15(21)13-10-16-3-8-22-13/h9,11,13,16H,2-8,10H2,1H3/t13-/m0/s1. The number of aryl methyl sites for hydroxylation is 1. The number of carbonyl (C=O) groups excluding carboxylic acids is 1. The average molecular weight is 305 g/mol. The number of amides is 1. The molecule has 1 aromatic rings. The lowest BCUT2D eigenvalue weighted by Gasteiger charge is -2.37. The maximum atomic E-state index is 12.4. The van der Waals surface area contributed by atoms with Crippen molar-refractivity contribution in [2.45, 2.75) is 19.4 Å². The van der Waals surface area contributed by atoms with E-state index < -0.39 is 0 Å². The van der Waals surface area contributed by atoms with Crippen molar-refractivity contribution in [3.63, 3.8) is 0 Å². The molecular formula is C15H23N5O2. The highest BCUT2D eigenvalue weighted by atomic mass is 16.5. The fourth-order valence-corrected chi connectivity index (χ4v) is 2.84. The Morgan fingerprint density at radius 1 is 1.36 bits per heavy atom. The zero-order valence-corrected chi connectivity index (χ0v) is 13.0. The molecule has 1 aromatic heterocycles. The summed E-state index contributed by atoms with van der Waals surface area (Å²) in [7, 11) is 0. The molecule has 7 nitrogen and oxygen atoms in total. The number of aromatic nitrogens is 2. The lowest BCUT2D eigenvalue weighted by atomic mass is 10.2. The SMILES string of the molecule is CCc1cc(N2CCN(C(=O)[C@@H]3CNCCO3)CC2)ncn1. The molecular weight excluding hydrogens is 282 g/mol. The first-order chi connectivity index (χ1) is 10.8. The van der Waals surface area contributed by atoms with Gasteiger partial charge in [0, 0.05) is 51.0 Å². The van der Waals surface area contributed by atoms with Gasteiger partial charge in [-0.2, -0.15) is 0 Å². The summed E-state index contributed by atoms with van der Waals surface area (Å²) >= 11 is 0. The first-order valence-corrected chi connectivity index (χ1v) is 7.95. The van der Waals surface area contributed by atoms with E-state index in [0.29, 0.717) is 26.2 Å². The van der Waals surface area contributed by atoms with E-state index in [2.05, 4.69) is 27.1 Å². The van der Waals surface area contributed by atoms with Crippen LogP contribution in [0.15, 0.2) is 12.4 Å². The monoisotopic (exact) mass is 305 g/mol. The molecule has 0 spiro atoms. The zero-order chi connectivity index (χ0) is 15.4. The van der Waals surface area contributed by atoms with Crippen LogP contribution in [0.2, 0.25) is 0 Å². The third-order valence-corrected chi connectivity index (χ3v) is 4.19. The molecule has 2 aliphatic heterocycles. The van der Waals surface area contributed by atoms with Crippen molar-refractivity contribution < 1.29 is 9.53 Å². The molecule has 0 radical (unpaired) electrons. The summed E-state index contributed by atoms with van der Waals surface area (Å²) in [6.45, 7) is 7.15. The molecule has 0 aliphatic carbocycles. The Kier molecular flexibility index (Phi) is 4.84. The number of nitrogens with zero attached hydrogens (tertiary/aromatic N) is 4. The molecule has 0 bridgehead atoms. The summed E-state index contributed by atoms with van der Waals surface area (Å²) in [6, 6.07) is 2.03. The molecule has 1 amide bonds. The minimum absolute atomic E-state index is 0.101. The van der Waals surface area contributed by atoms with E-state index in [9.17, 15) is 4.79 Å². The molecule has 1 atom stereocenters. The van der Waals surface area contributed by atoms with Gasteiger partial charge in [0.1, 0.15) is 18.2 Å². The Labute approximate surface area is 130 Å². The van der Waals surface area contributed by atoms with Crippen LogP contribution in [-0.2, 0) is 16.0 Å². The molecule has 0 aromatic carbocycles. The molecule has 22 heavy (non-hydrogen) atoms. The van der Waals surface area contributed by atoms with Crippen LogP contribution in [0.5, 0.6) is 0 Å². The second kappa shape index (κ2) is 7.02. The van der Waals surface area contributed by atoms with E-state index >= 15 is 0 Å². The summed E-state index contributed by atoms with van der Waals surface area (Å²) in [5.74, 6) is 1.05. The average Bonchev–Trinajstić information content (AvgIpc) is 2.62. The van der Waals surface area contributed by atoms with Gasteiger partial charge in [-0.15, -0.1) is 0 Å². The smallest absolute Gasteiger partial charge is 0.253 e. The Hall–Kier alpha value is -1.73. The Morgan fingerprint density at radius 3 is 2.86 bits per heavy atom. The minimum atomic E-state index is -0.328. The lowest BCUT2D eigenvalue weighted by molar-refractivity contribution is -0.145. The predicted octanol–water partition coefficient (Wildman–Crippen LogP) is -0.324. The number of hydrogen-bond donors (Lipinski definition) is 1. The topological polar surface area (TPSA) is 70.6 Å². The molecule has 3 heterocycles. The first kappa shape index (κ1) is 15.2. The number of piperazine rings is 1.